The first kappa shape index (κ1) is 33.9. The molecule has 46 heavy (non-hydrogen) atoms. The molecule has 242 valence electrons. The second kappa shape index (κ2) is 13.7. The standard InChI is InChI=1S/C30H24ClF5IN4O4P/c1-2-44-29(43)19-6-4-3-5-18(19)20-13-22(39-28(42)14-9-15(30(34,35)36)11-17(33)10-14)26(24-25(20)41(46-37)40-27(24)38)45-23-12-16(32)7-8-21(23)31/h7-13,46H,2-6H2,1H3,(H2,38,40)(H,39,42). The van der Waals surface area contributed by atoms with Crippen LogP contribution in [-0.4, -0.2) is 28.0 Å². The van der Waals surface area contributed by atoms with E-state index < -0.39 is 40.8 Å². The van der Waals surface area contributed by atoms with E-state index in [2.05, 4.69) is 32.5 Å². The molecule has 0 spiro atoms. The third-order valence-corrected chi connectivity index (χ3v) is 9.33. The summed E-state index contributed by atoms with van der Waals surface area (Å²) in [5, 5.41) is 7.10. The highest BCUT2D eigenvalue weighted by Gasteiger charge is 2.33. The Balaban J connectivity index is 1.79. The van der Waals surface area contributed by atoms with Gasteiger partial charge < -0.3 is 20.5 Å². The van der Waals surface area contributed by atoms with Crippen molar-refractivity contribution in [2.45, 2.75) is 38.8 Å². The molecule has 1 aliphatic carbocycles. The van der Waals surface area contributed by atoms with Crippen molar-refractivity contribution in [2.24, 2.45) is 0 Å². The maximum absolute atomic E-state index is 14.3. The van der Waals surface area contributed by atoms with E-state index in [9.17, 15) is 31.5 Å². The molecule has 8 nitrogen and oxygen atoms in total. The number of hydrogen-bond donors (Lipinski definition) is 2. The van der Waals surface area contributed by atoms with Gasteiger partial charge in [0, 0.05) is 22.8 Å². The van der Waals surface area contributed by atoms with E-state index in [-0.39, 0.29) is 52.5 Å². The minimum absolute atomic E-state index is 0.00262. The minimum atomic E-state index is -4.92. The fourth-order valence-electron chi connectivity index (χ4n) is 5.20. The smallest absolute Gasteiger partial charge is 0.416 e. The Morgan fingerprint density at radius 2 is 1.85 bits per heavy atom. The number of carbonyl (C=O) groups excluding carboxylic acids is 2. The van der Waals surface area contributed by atoms with Gasteiger partial charge in [-0.25, -0.2) is 18.0 Å². The molecule has 16 heteroatoms. The number of carbonyl (C=O) groups is 2. The number of anilines is 2. The van der Waals surface area contributed by atoms with Gasteiger partial charge in [-0.15, -0.1) is 0 Å². The summed E-state index contributed by atoms with van der Waals surface area (Å²) in [6.45, 7) is 1.82. The van der Waals surface area contributed by atoms with Crippen molar-refractivity contribution in [3.63, 3.8) is 0 Å². The molecule has 0 saturated carbocycles. The number of nitrogen functional groups attached to an aromatic ring is 1. The highest BCUT2D eigenvalue weighted by atomic mass is 127. The molecule has 0 radical (unpaired) electrons. The Morgan fingerprint density at radius 3 is 2.54 bits per heavy atom. The Morgan fingerprint density at radius 1 is 1.11 bits per heavy atom. The zero-order chi connectivity index (χ0) is 33.3. The zero-order valence-electron chi connectivity index (χ0n) is 23.8. The number of allylic oxidation sites excluding steroid dienone is 1. The van der Waals surface area contributed by atoms with Gasteiger partial charge in [-0.1, -0.05) is 11.6 Å². The molecule has 3 aromatic carbocycles. The summed E-state index contributed by atoms with van der Waals surface area (Å²) >= 11 is 8.38. The van der Waals surface area contributed by atoms with Gasteiger partial charge >= 0.3 is 12.1 Å². The highest BCUT2D eigenvalue weighted by Crippen LogP contribution is 2.49. The van der Waals surface area contributed by atoms with Crippen LogP contribution in [0.2, 0.25) is 5.02 Å². The summed E-state index contributed by atoms with van der Waals surface area (Å²) < 4.78 is 81.9. The summed E-state index contributed by atoms with van der Waals surface area (Å²) in [6.07, 6.45) is -2.62. The van der Waals surface area contributed by atoms with Crippen molar-refractivity contribution in [1.29, 1.82) is 0 Å². The Labute approximate surface area is 278 Å². The van der Waals surface area contributed by atoms with E-state index in [4.69, 9.17) is 26.8 Å². The lowest BCUT2D eigenvalue weighted by atomic mass is 9.86. The van der Waals surface area contributed by atoms with Crippen LogP contribution in [0.1, 0.15) is 54.1 Å². The molecule has 3 N–H and O–H groups in total. The lowest BCUT2D eigenvalue weighted by Gasteiger charge is -2.23. The number of nitrogens with one attached hydrogen (secondary N) is 1. The van der Waals surface area contributed by atoms with E-state index >= 15 is 0 Å². The molecule has 1 heterocycles. The van der Waals surface area contributed by atoms with E-state index in [0.717, 1.165) is 25.0 Å². The number of alkyl halides is 3. The second-order valence-corrected chi connectivity index (χ2v) is 12.6. The minimum Gasteiger partial charge on any atom is -0.463 e. The topological polar surface area (TPSA) is 108 Å². The number of fused-ring (bicyclic) bond motifs is 1. The monoisotopic (exact) mass is 792 g/mol. The maximum Gasteiger partial charge on any atom is 0.416 e. The highest BCUT2D eigenvalue weighted by molar-refractivity contribution is 14.2. The number of halogens is 7. The summed E-state index contributed by atoms with van der Waals surface area (Å²) in [5.41, 5.74) is 6.15. The van der Waals surface area contributed by atoms with Gasteiger partial charge in [-0.2, -0.15) is 18.3 Å². The third-order valence-electron chi connectivity index (χ3n) is 7.16. The lowest BCUT2D eigenvalue weighted by Crippen LogP contribution is -2.16. The fraction of sp³-hybridized carbons (Fsp3) is 0.233. The number of rotatable bonds is 8. The number of hydrogen-bond acceptors (Lipinski definition) is 6. The molecule has 0 aliphatic heterocycles. The van der Waals surface area contributed by atoms with E-state index in [1.807, 2.05) is 0 Å². The molecule has 1 amide bonds. The van der Waals surface area contributed by atoms with Crippen molar-refractivity contribution in [2.75, 3.05) is 17.7 Å². The van der Waals surface area contributed by atoms with Gasteiger partial charge in [-0.3, -0.25) is 4.79 Å². The number of nitrogens with zero attached hydrogens (tertiary/aromatic N) is 2. The number of ether oxygens (including phenoxy) is 2. The quantitative estimate of drug-likeness (QED) is 0.0798. The van der Waals surface area contributed by atoms with Crippen molar-refractivity contribution < 1.29 is 41.0 Å². The molecule has 1 aliphatic rings. The molecule has 0 fully saturated rings. The Hall–Kier alpha value is -3.49. The van der Waals surface area contributed by atoms with E-state index in [0.29, 0.717) is 47.2 Å². The van der Waals surface area contributed by atoms with Gasteiger partial charge in [0.2, 0.25) is 0 Å². The van der Waals surface area contributed by atoms with Crippen LogP contribution in [0.25, 0.3) is 16.5 Å². The van der Waals surface area contributed by atoms with Crippen LogP contribution in [0.4, 0.5) is 33.5 Å². The lowest BCUT2D eigenvalue weighted by molar-refractivity contribution is -0.139. The van der Waals surface area contributed by atoms with Crippen LogP contribution >= 0.6 is 40.0 Å². The predicted molar refractivity (Wildman–Crippen MR) is 175 cm³/mol. The van der Waals surface area contributed by atoms with Crippen LogP contribution < -0.4 is 15.8 Å². The number of nitrogens with two attached hydrogens (primary N) is 1. The number of aromatic nitrogens is 2. The number of benzene rings is 3. The molecular formula is C30H24ClF5IN4O4P. The molecule has 5 rings (SSSR count). The number of esters is 1. The number of amides is 1. The van der Waals surface area contributed by atoms with Crippen molar-refractivity contribution >= 4 is 79.9 Å². The molecule has 4 aromatic rings. The average Bonchev–Trinajstić information content (AvgIpc) is 3.35. The largest absolute Gasteiger partial charge is 0.463 e. The molecule has 1 aromatic heterocycles. The van der Waals surface area contributed by atoms with Gasteiger partial charge in [0.25, 0.3) is 5.91 Å². The van der Waals surface area contributed by atoms with Crippen LogP contribution in [0, 0.1) is 11.6 Å². The van der Waals surface area contributed by atoms with Crippen LogP contribution in [-0.2, 0) is 15.7 Å². The molecule has 0 bridgehead atoms. The van der Waals surface area contributed by atoms with Crippen LogP contribution in [0.5, 0.6) is 11.5 Å². The normalized spacial score (nSPS) is 13.9. The molecule has 1 atom stereocenters. The van der Waals surface area contributed by atoms with Crippen LogP contribution in [0.3, 0.4) is 0 Å². The molecule has 1 unspecified atom stereocenters. The first-order valence-corrected chi connectivity index (χ1v) is 18.2. The third kappa shape index (κ3) is 6.93. The second-order valence-electron chi connectivity index (χ2n) is 10.1. The SMILES string of the molecule is CCOC(=O)C1=C(c2cc(NC(=O)c3cc(F)cc(C(F)(F)F)c3)c(Oc3cc(F)ccc3Cl)c3c(N)nn(PI)c23)CCCC1. The Bertz CT molecular complexity index is 1900. The van der Waals surface area contributed by atoms with Crippen molar-refractivity contribution in [3.8, 4) is 11.5 Å². The van der Waals surface area contributed by atoms with Crippen molar-refractivity contribution in [3.05, 3.63) is 81.4 Å². The fourth-order valence-corrected chi connectivity index (χ4v) is 6.87. The van der Waals surface area contributed by atoms with Crippen molar-refractivity contribution in [1.82, 2.24) is 9.55 Å². The maximum atomic E-state index is 14.3. The average molecular weight is 793 g/mol. The first-order chi connectivity index (χ1) is 21.8. The van der Waals surface area contributed by atoms with Crippen LogP contribution in [0.15, 0.2) is 48.0 Å². The molecular weight excluding hydrogens is 769 g/mol. The van der Waals surface area contributed by atoms with Gasteiger partial charge in [0.1, 0.15) is 17.4 Å². The van der Waals surface area contributed by atoms with Gasteiger partial charge in [-0.05, 0) is 96.6 Å². The zero-order valence-corrected chi connectivity index (χ0v) is 27.7. The predicted octanol–water partition coefficient (Wildman–Crippen LogP) is 9.30. The first-order valence-electron chi connectivity index (χ1n) is 13.8. The summed E-state index contributed by atoms with van der Waals surface area (Å²) in [4.78, 5) is 26.5. The van der Waals surface area contributed by atoms with E-state index in [1.54, 1.807) is 11.4 Å². The van der Waals surface area contributed by atoms with Gasteiger partial charge in [0.15, 0.2) is 11.6 Å². The summed E-state index contributed by atoms with van der Waals surface area (Å²) in [5.74, 6) is -3.98. The summed E-state index contributed by atoms with van der Waals surface area (Å²) in [6, 6.07) is 6.26. The Kier molecular flexibility index (Phi) is 10.1. The van der Waals surface area contributed by atoms with E-state index in [1.165, 1.54) is 12.1 Å². The molecule has 0 saturated heterocycles. The van der Waals surface area contributed by atoms with Gasteiger partial charge in [0.05, 0.1) is 40.2 Å². The summed E-state index contributed by atoms with van der Waals surface area (Å²) in [7, 11) is 0.